The van der Waals surface area contributed by atoms with Gasteiger partial charge in [0.05, 0.1) is 22.8 Å². The fraction of sp³-hybridized carbons (Fsp3) is 0.125. The molecule has 6 heteroatoms. The highest BCUT2D eigenvalue weighted by molar-refractivity contribution is 5.58. The van der Waals surface area contributed by atoms with E-state index in [9.17, 15) is 4.79 Å². The van der Waals surface area contributed by atoms with Gasteiger partial charge < -0.3 is 4.74 Å². The molecule has 4 heterocycles. The first-order valence-corrected chi connectivity index (χ1v) is 9.40. The Morgan fingerprint density at radius 2 is 0.967 bits per heavy atom. The van der Waals surface area contributed by atoms with Gasteiger partial charge in [-0.1, -0.05) is 0 Å². The standard InChI is InChI=1S/C12H10N2O2.C12H12N2/c1-9-2-4-13-11(6-9)12-7-10(16-8-15)3-5-14-12;1-9-3-5-13-11(7-9)12-8-10(2)4-6-14-12/h2-8H,1H3;3-8H,1-2H3. The molecule has 0 fully saturated rings. The van der Waals surface area contributed by atoms with Crippen LogP contribution in [0.1, 0.15) is 16.7 Å². The molecule has 0 unspecified atom stereocenters. The van der Waals surface area contributed by atoms with Crippen LogP contribution < -0.4 is 4.74 Å². The number of hydrogen-bond donors (Lipinski definition) is 0. The summed E-state index contributed by atoms with van der Waals surface area (Å²) in [5.74, 6) is 0.461. The van der Waals surface area contributed by atoms with Crippen molar-refractivity contribution in [2.75, 3.05) is 0 Å². The second kappa shape index (κ2) is 10.0. The van der Waals surface area contributed by atoms with Gasteiger partial charge in [0.2, 0.25) is 0 Å². The zero-order valence-corrected chi connectivity index (χ0v) is 17.1. The van der Waals surface area contributed by atoms with Gasteiger partial charge in [-0.15, -0.1) is 0 Å². The topological polar surface area (TPSA) is 77.9 Å². The highest BCUT2D eigenvalue weighted by Crippen LogP contribution is 2.20. The van der Waals surface area contributed by atoms with Crippen LogP contribution in [0.25, 0.3) is 22.8 Å². The molecule has 0 N–H and O–H groups in total. The molecule has 4 rings (SSSR count). The van der Waals surface area contributed by atoms with Crippen LogP contribution in [0.2, 0.25) is 0 Å². The maximum absolute atomic E-state index is 10.2. The van der Waals surface area contributed by atoms with E-state index in [0.29, 0.717) is 17.9 Å². The molecule has 0 atom stereocenters. The molecule has 0 aliphatic heterocycles. The van der Waals surface area contributed by atoms with Crippen LogP contribution in [0.5, 0.6) is 5.75 Å². The minimum Gasteiger partial charge on any atom is -0.429 e. The average Bonchev–Trinajstić information content (AvgIpc) is 2.75. The van der Waals surface area contributed by atoms with Gasteiger partial charge in [-0.3, -0.25) is 24.7 Å². The smallest absolute Gasteiger partial charge is 0.298 e. The molecule has 0 spiro atoms. The van der Waals surface area contributed by atoms with Crippen LogP contribution >= 0.6 is 0 Å². The zero-order valence-electron chi connectivity index (χ0n) is 17.1. The molecule has 4 aromatic rings. The van der Waals surface area contributed by atoms with Gasteiger partial charge in [0.25, 0.3) is 6.47 Å². The van der Waals surface area contributed by atoms with Crippen molar-refractivity contribution in [2.24, 2.45) is 0 Å². The van der Waals surface area contributed by atoms with E-state index in [2.05, 4.69) is 33.8 Å². The van der Waals surface area contributed by atoms with Gasteiger partial charge in [-0.2, -0.15) is 0 Å². The number of nitrogens with zero attached hydrogens (tertiary/aromatic N) is 4. The molecule has 150 valence electrons. The summed E-state index contributed by atoms with van der Waals surface area (Å²) in [6.07, 6.45) is 6.93. The number of carbonyl (C=O) groups is 1. The maximum Gasteiger partial charge on any atom is 0.298 e. The molecule has 0 radical (unpaired) electrons. The van der Waals surface area contributed by atoms with E-state index in [1.165, 1.54) is 11.1 Å². The Labute approximate surface area is 175 Å². The van der Waals surface area contributed by atoms with E-state index >= 15 is 0 Å². The summed E-state index contributed by atoms with van der Waals surface area (Å²) in [6.45, 7) is 6.49. The molecule has 30 heavy (non-hydrogen) atoms. The quantitative estimate of drug-likeness (QED) is 0.462. The first kappa shape index (κ1) is 20.8. The molecule has 6 nitrogen and oxygen atoms in total. The van der Waals surface area contributed by atoms with Crippen LogP contribution in [-0.2, 0) is 4.79 Å². The Hall–Kier alpha value is -3.93. The number of ether oxygens (including phenoxy) is 1. The van der Waals surface area contributed by atoms with Crippen molar-refractivity contribution in [1.29, 1.82) is 0 Å². The van der Waals surface area contributed by atoms with Crippen LogP contribution in [0.4, 0.5) is 0 Å². The zero-order chi connectivity index (χ0) is 21.3. The largest absolute Gasteiger partial charge is 0.429 e. The second-order valence-electron chi connectivity index (χ2n) is 6.75. The molecule has 0 aromatic carbocycles. The Bertz CT molecular complexity index is 1100. The van der Waals surface area contributed by atoms with Crippen molar-refractivity contribution in [3.8, 4) is 28.5 Å². The summed E-state index contributed by atoms with van der Waals surface area (Å²) >= 11 is 0. The molecule has 0 aliphatic carbocycles. The van der Waals surface area contributed by atoms with Crippen LogP contribution in [0, 0.1) is 20.8 Å². The first-order valence-electron chi connectivity index (χ1n) is 9.40. The lowest BCUT2D eigenvalue weighted by atomic mass is 10.1. The van der Waals surface area contributed by atoms with Crippen LogP contribution in [0.3, 0.4) is 0 Å². The van der Waals surface area contributed by atoms with E-state index in [0.717, 1.165) is 22.6 Å². The van der Waals surface area contributed by atoms with Crippen molar-refractivity contribution >= 4 is 6.47 Å². The fourth-order valence-corrected chi connectivity index (χ4v) is 2.71. The summed E-state index contributed by atoms with van der Waals surface area (Å²) in [7, 11) is 0. The fourth-order valence-electron chi connectivity index (χ4n) is 2.71. The molecule has 0 saturated heterocycles. The van der Waals surface area contributed by atoms with Crippen molar-refractivity contribution in [2.45, 2.75) is 20.8 Å². The summed E-state index contributed by atoms with van der Waals surface area (Å²) in [5.41, 5.74) is 6.84. The number of rotatable bonds is 4. The van der Waals surface area contributed by atoms with Crippen molar-refractivity contribution in [1.82, 2.24) is 19.9 Å². The number of pyridine rings is 4. The third-order valence-electron chi connectivity index (χ3n) is 4.19. The number of carbonyl (C=O) groups excluding carboxylic acids is 1. The van der Waals surface area contributed by atoms with Crippen molar-refractivity contribution in [3.05, 3.63) is 90.0 Å². The van der Waals surface area contributed by atoms with E-state index < -0.39 is 0 Å². The summed E-state index contributed by atoms with van der Waals surface area (Å²) in [6, 6.07) is 15.2. The van der Waals surface area contributed by atoms with Gasteiger partial charge in [-0.05, 0) is 79.9 Å². The summed E-state index contributed by atoms with van der Waals surface area (Å²) < 4.78 is 4.75. The summed E-state index contributed by atoms with van der Waals surface area (Å²) in [4.78, 5) is 27.2. The second-order valence-corrected chi connectivity index (χ2v) is 6.75. The lowest BCUT2D eigenvalue weighted by Gasteiger charge is -2.02. The van der Waals surface area contributed by atoms with Gasteiger partial charge in [0.1, 0.15) is 5.75 Å². The van der Waals surface area contributed by atoms with Crippen molar-refractivity contribution < 1.29 is 9.53 Å². The maximum atomic E-state index is 10.2. The number of aryl methyl sites for hydroxylation is 3. The lowest BCUT2D eigenvalue weighted by molar-refractivity contribution is -0.120. The number of hydrogen-bond acceptors (Lipinski definition) is 6. The molecule has 0 bridgehead atoms. The molecule has 4 aromatic heterocycles. The van der Waals surface area contributed by atoms with E-state index in [-0.39, 0.29) is 0 Å². The van der Waals surface area contributed by atoms with Gasteiger partial charge in [-0.25, -0.2) is 0 Å². The summed E-state index contributed by atoms with van der Waals surface area (Å²) in [5, 5.41) is 0. The van der Waals surface area contributed by atoms with Gasteiger partial charge in [0.15, 0.2) is 0 Å². The van der Waals surface area contributed by atoms with Gasteiger partial charge >= 0.3 is 0 Å². The van der Waals surface area contributed by atoms with E-state index in [1.807, 2.05) is 55.7 Å². The van der Waals surface area contributed by atoms with Crippen molar-refractivity contribution in [3.63, 3.8) is 0 Å². The van der Waals surface area contributed by atoms with E-state index in [4.69, 9.17) is 4.74 Å². The normalized spacial score (nSPS) is 9.97. The third kappa shape index (κ3) is 5.78. The first-order chi connectivity index (χ1) is 14.5. The Balaban J connectivity index is 0.000000172. The number of aromatic nitrogens is 4. The third-order valence-corrected chi connectivity index (χ3v) is 4.19. The highest BCUT2D eigenvalue weighted by atomic mass is 16.5. The van der Waals surface area contributed by atoms with E-state index in [1.54, 1.807) is 24.5 Å². The molecule has 0 saturated carbocycles. The average molecular weight is 398 g/mol. The molecule has 0 aliphatic rings. The van der Waals surface area contributed by atoms with Gasteiger partial charge in [0, 0.05) is 30.9 Å². The Kier molecular flexibility index (Phi) is 6.95. The lowest BCUT2D eigenvalue weighted by Crippen LogP contribution is -1.92. The molecule has 0 amide bonds. The SMILES string of the molecule is Cc1ccnc(-c2cc(C)ccn2)c1.Cc1ccnc(-c2cc(OC=O)ccn2)c1. The highest BCUT2D eigenvalue weighted by Gasteiger charge is 2.03. The Morgan fingerprint density at radius 1 is 0.600 bits per heavy atom. The van der Waals surface area contributed by atoms with Crippen LogP contribution in [0.15, 0.2) is 73.3 Å². The van der Waals surface area contributed by atoms with Crippen LogP contribution in [-0.4, -0.2) is 26.4 Å². The molecular formula is C24H22N4O2. The minimum atomic E-state index is 0.392. The monoisotopic (exact) mass is 398 g/mol. The Morgan fingerprint density at radius 3 is 1.33 bits per heavy atom. The minimum absolute atomic E-state index is 0.392. The predicted molar refractivity (Wildman–Crippen MR) is 116 cm³/mol. The predicted octanol–water partition coefficient (Wildman–Crippen LogP) is 4.75. The molecular weight excluding hydrogens is 376 g/mol.